The van der Waals surface area contributed by atoms with E-state index >= 15 is 0 Å². The number of likely N-dealkylation sites (N-methyl/N-ethyl adjacent to an activating group) is 1. The van der Waals surface area contributed by atoms with E-state index in [-0.39, 0.29) is 18.4 Å². The van der Waals surface area contributed by atoms with E-state index in [9.17, 15) is 14.4 Å². The lowest BCUT2D eigenvalue weighted by molar-refractivity contribution is -0.126. The summed E-state index contributed by atoms with van der Waals surface area (Å²) in [6.07, 6.45) is -0.955. The molecule has 29 heavy (non-hydrogen) atoms. The lowest BCUT2D eigenvalue weighted by Gasteiger charge is -2.24. The van der Waals surface area contributed by atoms with Crippen molar-refractivity contribution in [3.63, 3.8) is 0 Å². The van der Waals surface area contributed by atoms with Gasteiger partial charge in [0, 0.05) is 18.7 Å². The van der Waals surface area contributed by atoms with E-state index in [2.05, 4.69) is 10.6 Å². The van der Waals surface area contributed by atoms with Gasteiger partial charge in [-0.2, -0.15) is 0 Å². The molecule has 1 fully saturated rings. The molecule has 2 aromatic rings. The van der Waals surface area contributed by atoms with Crippen LogP contribution in [0.5, 0.6) is 0 Å². The van der Waals surface area contributed by atoms with Gasteiger partial charge in [-0.05, 0) is 30.2 Å². The van der Waals surface area contributed by atoms with Gasteiger partial charge in [0.15, 0.2) is 12.1 Å². The molecule has 0 saturated carbocycles. The zero-order valence-electron chi connectivity index (χ0n) is 16.6. The van der Waals surface area contributed by atoms with Gasteiger partial charge < -0.3 is 15.4 Å². The number of carbonyl (C=O) groups excluding carboxylic acids is 3. The van der Waals surface area contributed by atoms with E-state index in [1.807, 2.05) is 37.3 Å². The Bertz CT molecular complexity index is 885. The lowest BCUT2D eigenvalue weighted by atomic mass is 10.00. The monoisotopic (exact) mass is 395 g/mol. The fourth-order valence-corrected chi connectivity index (χ4v) is 3.31. The van der Waals surface area contributed by atoms with E-state index in [0.717, 1.165) is 5.56 Å². The Morgan fingerprint density at radius 2 is 1.83 bits per heavy atom. The van der Waals surface area contributed by atoms with Crippen molar-refractivity contribution in [2.45, 2.75) is 39.0 Å². The van der Waals surface area contributed by atoms with Crippen molar-refractivity contribution in [3.8, 4) is 0 Å². The van der Waals surface area contributed by atoms with Crippen molar-refractivity contribution in [1.29, 1.82) is 0 Å². The van der Waals surface area contributed by atoms with Crippen molar-refractivity contribution in [1.82, 2.24) is 10.2 Å². The molecule has 1 saturated heterocycles. The third kappa shape index (κ3) is 4.74. The topological polar surface area (TPSA) is 87.7 Å². The summed E-state index contributed by atoms with van der Waals surface area (Å²) >= 11 is 0. The number of rotatable bonds is 7. The Hall–Kier alpha value is -3.35. The quantitative estimate of drug-likeness (QED) is 0.753. The number of carbonyl (C=O) groups is 3. The lowest BCUT2D eigenvalue weighted by Crippen LogP contribution is -2.46. The second-order valence-corrected chi connectivity index (χ2v) is 6.78. The second-order valence-electron chi connectivity index (χ2n) is 6.78. The van der Waals surface area contributed by atoms with Gasteiger partial charge in [-0.25, -0.2) is 4.79 Å². The van der Waals surface area contributed by atoms with E-state index in [0.29, 0.717) is 24.2 Å². The molecule has 2 unspecified atom stereocenters. The van der Waals surface area contributed by atoms with E-state index < -0.39 is 18.2 Å². The number of cyclic esters (lactones) is 1. The first-order valence-corrected chi connectivity index (χ1v) is 9.72. The summed E-state index contributed by atoms with van der Waals surface area (Å²) in [6, 6.07) is 15.7. The first-order valence-electron chi connectivity index (χ1n) is 9.72. The summed E-state index contributed by atoms with van der Waals surface area (Å²) < 4.78 is 5.61. The van der Waals surface area contributed by atoms with Gasteiger partial charge in [0.25, 0.3) is 0 Å². The molecular weight excluding hydrogens is 370 g/mol. The third-order valence-corrected chi connectivity index (χ3v) is 4.72. The van der Waals surface area contributed by atoms with Gasteiger partial charge in [0.1, 0.15) is 0 Å². The zero-order valence-corrected chi connectivity index (χ0v) is 16.6. The molecule has 0 bridgehead atoms. The van der Waals surface area contributed by atoms with Gasteiger partial charge in [-0.1, -0.05) is 49.4 Å². The minimum Gasteiger partial charge on any atom is -0.438 e. The molecule has 0 aromatic heterocycles. The summed E-state index contributed by atoms with van der Waals surface area (Å²) in [5, 5.41) is 5.59. The highest BCUT2D eigenvalue weighted by Gasteiger charge is 2.46. The highest BCUT2D eigenvalue weighted by atomic mass is 16.6. The van der Waals surface area contributed by atoms with Crippen LogP contribution in [0.2, 0.25) is 0 Å². The van der Waals surface area contributed by atoms with Crippen molar-refractivity contribution in [3.05, 3.63) is 65.7 Å². The molecule has 7 nitrogen and oxygen atoms in total. The summed E-state index contributed by atoms with van der Waals surface area (Å²) in [5.74, 6) is -0.390. The van der Waals surface area contributed by atoms with Gasteiger partial charge >= 0.3 is 6.09 Å². The molecule has 1 aliphatic heterocycles. The predicted octanol–water partition coefficient (Wildman–Crippen LogP) is 3.23. The average Bonchev–Trinajstić information content (AvgIpc) is 3.05. The van der Waals surface area contributed by atoms with Gasteiger partial charge in [0.05, 0.1) is 6.54 Å². The number of hydrogen-bond donors (Lipinski definition) is 2. The van der Waals surface area contributed by atoms with Crippen LogP contribution in [0.15, 0.2) is 54.6 Å². The van der Waals surface area contributed by atoms with Crippen LogP contribution in [0.1, 0.15) is 37.5 Å². The van der Waals surface area contributed by atoms with Crippen LogP contribution < -0.4 is 10.6 Å². The molecule has 152 valence electrons. The van der Waals surface area contributed by atoms with Crippen molar-refractivity contribution >= 4 is 23.6 Å². The number of nitrogens with one attached hydrogen (secondary N) is 2. The molecule has 0 radical (unpaired) electrons. The minimum absolute atomic E-state index is 0.114. The predicted molar refractivity (Wildman–Crippen MR) is 109 cm³/mol. The standard InChI is InChI=1S/C22H25N3O4/c1-3-18(26)24-17-12-8-11-16(13-17)20-19(21(27)23-4-2)25(22(28)29-20)14-15-9-6-5-7-10-15/h5-13,19-20H,3-4,14H2,1-2H3,(H,23,27)(H,24,26). The Balaban J connectivity index is 1.91. The fraction of sp³-hybridized carbons (Fsp3) is 0.318. The minimum atomic E-state index is -0.806. The van der Waals surface area contributed by atoms with E-state index in [1.54, 1.807) is 31.2 Å². The van der Waals surface area contributed by atoms with Crippen LogP contribution in [0.3, 0.4) is 0 Å². The van der Waals surface area contributed by atoms with E-state index in [4.69, 9.17) is 4.74 Å². The van der Waals surface area contributed by atoms with Gasteiger partial charge in [-0.3, -0.25) is 14.5 Å². The largest absolute Gasteiger partial charge is 0.438 e. The van der Waals surface area contributed by atoms with E-state index in [1.165, 1.54) is 4.90 Å². The molecule has 2 N–H and O–H groups in total. The molecule has 2 aromatic carbocycles. The first kappa shape index (κ1) is 20.4. The fourth-order valence-electron chi connectivity index (χ4n) is 3.31. The van der Waals surface area contributed by atoms with Crippen molar-refractivity contribution in [2.75, 3.05) is 11.9 Å². The van der Waals surface area contributed by atoms with Crippen LogP contribution in [0, 0.1) is 0 Å². The van der Waals surface area contributed by atoms with Gasteiger partial charge in [0.2, 0.25) is 11.8 Å². The normalized spacial score (nSPS) is 18.3. The molecule has 3 amide bonds. The molecule has 1 heterocycles. The Morgan fingerprint density at radius 1 is 1.07 bits per heavy atom. The maximum absolute atomic E-state index is 12.8. The molecule has 7 heteroatoms. The molecular formula is C22H25N3O4. The molecule has 1 aliphatic rings. The number of amides is 3. The molecule has 0 aliphatic carbocycles. The van der Waals surface area contributed by atoms with Crippen LogP contribution in [0.25, 0.3) is 0 Å². The molecule has 2 atom stereocenters. The van der Waals surface area contributed by atoms with Crippen LogP contribution in [0.4, 0.5) is 10.5 Å². The number of anilines is 1. The van der Waals surface area contributed by atoms with Crippen molar-refractivity contribution in [2.24, 2.45) is 0 Å². The first-order chi connectivity index (χ1) is 14.0. The second kappa shape index (κ2) is 9.23. The zero-order chi connectivity index (χ0) is 20.8. The number of hydrogen-bond acceptors (Lipinski definition) is 4. The number of nitrogens with zero attached hydrogens (tertiary/aromatic N) is 1. The number of ether oxygens (including phenoxy) is 1. The highest BCUT2D eigenvalue weighted by Crippen LogP contribution is 2.35. The Kier molecular flexibility index (Phi) is 6.49. The van der Waals surface area contributed by atoms with Crippen LogP contribution in [-0.4, -0.2) is 35.4 Å². The third-order valence-electron chi connectivity index (χ3n) is 4.72. The van der Waals surface area contributed by atoms with Crippen LogP contribution in [-0.2, 0) is 20.9 Å². The Labute approximate surface area is 170 Å². The highest BCUT2D eigenvalue weighted by molar-refractivity contribution is 5.91. The average molecular weight is 395 g/mol. The Morgan fingerprint density at radius 3 is 2.52 bits per heavy atom. The smallest absolute Gasteiger partial charge is 0.411 e. The van der Waals surface area contributed by atoms with Crippen LogP contribution >= 0.6 is 0 Å². The SMILES string of the molecule is CCNC(=O)C1C(c2cccc(NC(=O)CC)c2)OC(=O)N1Cc1ccccc1. The summed E-state index contributed by atoms with van der Waals surface area (Å²) in [5.41, 5.74) is 2.16. The summed E-state index contributed by atoms with van der Waals surface area (Å²) in [4.78, 5) is 38.6. The summed E-state index contributed by atoms with van der Waals surface area (Å²) in [6.45, 7) is 4.31. The summed E-state index contributed by atoms with van der Waals surface area (Å²) in [7, 11) is 0. The van der Waals surface area contributed by atoms with Crippen molar-refractivity contribution < 1.29 is 19.1 Å². The maximum Gasteiger partial charge on any atom is 0.411 e. The number of benzene rings is 2. The molecule has 0 spiro atoms. The molecule has 3 rings (SSSR count). The maximum atomic E-state index is 12.8. The van der Waals surface area contributed by atoms with Gasteiger partial charge in [-0.15, -0.1) is 0 Å².